The van der Waals surface area contributed by atoms with E-state index in [1.807, 2.05) is 6.92 Å². The Morgan fingerprint density at radius 3 is 2.29 bits per heavy atom. The van der Waals surface area contributed by atoms with E-state index in [0.29, 0.717) is 12.0 Å². The van der Waals surface area contributed by atoms with Gasteiger partial charge in [-0.25, -0.2) is 9.59 Å². The maximum atomic E-state index is 11.0. The van der Waals surface area contributed by atoms with Gasteiger partial charge in [-0.2, -0.15) is 0 Å². The molecule has 0 spiro atoms. The Balaban J connectivity index is 0.00000256. The SMILES string of the molecule is CCCCc1cccc(C(=O)O)c1C(=O)O.O. The highest BCUT2D eigenvalue weighted by Gasteiger charge is 2.19. The number of aromatic carboxylic acids is 2. The lowest BCUT2D eigenvalue weighted by molar-refractivity contribution is 0.0650. The standard InChI is InChI=1S/C12H14O4.H2O/c1-2-3-5-8-6-4-7-9(11(13)14)10(8)12(15)16;/h4,6-7H,2-3,5H2,1H3,(H,13,14)(H,15,16);1H2. The van der Waals surface area contributed by atoms with Gasteiger partial charge in [0.25, 0.3) is 0 Å². The van der Waals surface area contributed by atoms with Gasteiger partial charge in [0, 0.05) is 0 Å². The minimum atomic E-state index is -1.20. The molecule has 1 rings (SSSR count). The summed E-state index contributed by atoms with van der Waals surface area (Å²) < 4.78 is 0. The van der Waals surface area contributed by atoms with E-state index in [1.54, 1.807) is 12.1 Å². The van der Waals surface area contributed by atoms with E-state index >= 15 is 0 Å². The highest BCUT2D eigenvalue weighted by molar-refractivity contribution is 6.02. The Morgan fingerprint density at radius 2 is 1.82 bits per heavy atom. The van der Waals surface area contributed by atoms with Gasteiger partial charge in [-0.1, -0.05) is 25.5 Å². The first kappa shape index (κ1) is 15.1. The van der Waals surface area contributed by atoms with E-state index in [1.165, 1.54) is 6.07 Å². The average molecular weight is 240 g/mol. The fourth-order valence-electron chi connectivity index (χ4n) is 1.61. The average Bonchev–Trinajstić information content (AvgIpc) is 2.25. The number of benzene rings is 1. The van der Waals surface area contributed by atoms with Crippen LogP contribution >= 0.6 is 0 Å². The van der Waals surface area contributed by atoms with Crippen LogP contribution < -0.4 is 0 Å². The van der Waals surface area contributed by atoms with Crippen molar-refractivity contribution < 1.29 is 25.3 Å². The van der Waals surface area contributed by atoms with Crippen molar-refractivity contribution in [1.82, 2.24) is 0 Å². The van der Waals surface area contributed by atoms with Gasteiger partial charge in [-0.3, -0.25) is 0 Å². The molecule has 5 heteroatoms. The molecule has 0 atom stereocenters. The summed E-state index contributed by atoms with van der Waals surface area (Å²) in [7, 11) is 0. The lowest BCUT2D eigenvalue weighted by Crippen LogP contribution is -2.11. The molecule has 0 saturated carbocycles. The quantitative estimate of drug-likeness (QED) is 0.815. The third-order valence-electron chi connectivity index (χ3n) is 2.39. The van der Waals surface area contributed by atoms with Crippen molar-refractivity contribution in [3.8, 4) is 0 Å². The molecule has 17 heavy (non-hydrogen) atoms. The molecule has 0 aliphatic rings. The predicted octanol–water partition coefficient (Wildman–Crippen LogP) is 1.60. The molecule has 94 valence electrons. The van der Waals surface area contributed by atoms with Gasteiger partial charge in [-0.05, 0) is 24.5 Å². The first-order valence-corrected chi connectivity index (χ1v) is 5.16. The van der Waals surface area contributed by atoms with Crippen LogP contribution in [0.5, 0.6) is 0 Å². The molecule has 0 heterocycles. The Morgan fingerprint density at radius 1 is 1.18 bits per heavy atom. The molecule has 0 aromatic heterocycles. The third kappa shape index (κ3) is 3.57. The number of carboxylic acid groups (broad SMARTS) is 2. The van der Waals surface area contributed by atoms with E-state index in [2.05, 4.69) is 0 Å². The predicted molar refractivity (Wildman–Crippen MR) is 62.6 cm³/mol. The van der Waals surface area contributed by atoms with Crippen LogP contribution in [0.3, 0.4) is 0 Å². The normalized spacial score (nSPS) is 9.47. The molecule has 0 bridgehead atoms. The van der Waals surface area contributed by atoms with Crippen molar-refractivity contribution >= 4 is 11.9 Å². The molecular formula is C12H16O5. The van der Waals surface area contributed by atoms with Crippen LogP contribution in [0.2, 0.25) is 0 Å². The Bertz CT molecular complexity index is 411. The van der Waals surface area contributed by atoms with Gasteiger partial charge in [0.05, 0.1) is 11.1 Å². The van der Waals surface area contributed by atoms with Crippen molar-refractivity contribution in [1.29, 1.82) is 0 Å². The Kier molecular flexibility index (Phi) is 5.91. The summed E-state index contributed by atoms with van der Waals surface area (Å²) in [4.78, 5) is 21.9. The number of carboxylic acids is 2. The molecule has 0 saturated heterocycles. The minimum absolute atomic E-state index is 0. The van der Waals surface area contributed by atoms with Crippen molar-refractivity contribution in [2.45, 2.75) is 26.2 Å². The maximum absolute atomic E-state index is 11.0. The summed E-state index contributed by atoms with van der Waals surface area (Å²) in [6, 6.07) is 4.58. The van der Waals surface area contributed by atoms with Crippen LogP contribution in [-0.4, -0.2) is 27.6 Å². The van der Waals surface area contributed by atoms with Crippen molar-refractivity contribution in [3.05, 3.63) is 34.9 Å². The number of carbonyl (C=O) groups is 2. The first-order chi connectivity index (χ1) is 7.57. The van der Waals surface area contributed by atoms with Crippen LogP contribution in [0.25, 0.3) is 0 Å². The van der Waals surface area contributed by atoms with Crippen LogP contribution in [0.4, 0.5) is 0 Å². The topological polar surface area (TPSA) is 106 Å². The molecule has 0 aliphatic carbocycles. The second kappa shape index (κ2) is 6.65. The van der Waals surface area contributed by atoms with Crippen LogP contribution in [0.15, 0.2) is 18.2 Å². The van der Waals surface area contributed by atoms with E-state index in [0.717, 1.165) is 12.8 Å². The van der Waals surface area contributed by atoms with Crippen LogP contribution in [-0.2, 0) is 6.42 Å². The first-order valence-electron chi connectivity index (χ1n) is 5.16. The van der Waals surface area contributed by atoms with Crippen LogP contribution in [0.1, 0.15) is 46.0 Å². The molecule has 0 amide bonds. The molecule has 4 N–H and O–H groups in total. The lowest BCUT2D eigenvalue weighted by atomic mass is 9.97. The Labute approximate surface area is 99.0 Å². The molecule has 0 unspecified atom stereocenters. The highest BCUT2D eigenvalue weighted by atomic mass is 16.4. The van der Waals surface area contributed by atoms with Crippen LogP contribution in [0, 0.1) is 0 Å². The number of aryl methyl sites for hydroxylation is 1. The van der Waals surface area contributed by atoms with Crippen molar-refractivity contribution in [2.75, 3.05) is 0 Å². The maximum Gasteiger partial charge on any atom is 0.336 e. The zero-order valence-electron chi connectivity index (χ0n) is 9.56. The van der Waals surface area contributed by atoms with E-state index in [9.17, 15) is 9.59 Å². The number of hydrogen-bond donors (Lipinski definition) is 2. The fourth-order valence-corrected chi connectivity index (χ4v) is 1.61. The molecule has 1 aromatic carbocycles. The molecule has 1 aromatic rings. The van der Waals surface area contributed by atoms with Gasteiger partial charge < -0.3 is 15.7 Å². The third-order valence-corrected chi connectivity index (χ3v) is 2.39. The summed E-state index contributed by atoms with van der Waals surface area (Å²) in [5.41, 5.74) is 0.374. The summed E-state index contributed by atoms with van der Waals surface area (Å²) in [6.07, 6.45) is 2.39. The second-order valence-electron chi connectivity index (χ2n) is 3.55. The molecule has 0 radical (unpaired) electrons. The van der Waals surface area contributed by atoms with Crippen molar-refractivity contribution in [3.63, 3.8) is 0 Å². The van der Waals surface area contributed by atoms with E-state index in [4.69, 9.17) is 10.2 Å². The van der Waals surface area contributed by atoms with Gasteiger partial charge in [0.15, 0.2) is 0 Å². The summed E-state index contributed by atoms with van der Waals surface area (Å²) in [5, 5.41) is 17.9. The fraction of sp³-hybridized carbons (Fsp3) is 0.333. The zero-order valence-corrected chi connectivity index (χ0v) is 9.56. The Hall–Kier alpha value is -1.88. The van der Waals surface area contributed by atoms with E-state index < -0.39 is 11.9 Å². The molecule has 0 aliphatic heterocycles. The monoisotopic (exact) mass is 240 g/mol. The molecule has 0 fully saturated rings. The smallest absolute Gasteiger partial charge is 0.336 e. The van der Waals surface area contributed by atoms with Crippen molar-refractivity contribution in [2.24, 2.45) is 0 Å². The van der Waals surface area contributed by atoms with Gasteiger partial charge in [0.2, 0.25) is 0 Å². The van der Waals surface area contributed by atoms with E-state index in [-0.39, 0.29) is 16.6 Å². The number of hydrogen-bond acceptors (Lipinski definition) is 2. The van der Waals surface area contributed by atoms with Gasteiger partial charge in [-0.15, -0.1) is 0 Å². The molecular weight excluding hydrogens is 224 g/mol. The van der Waals surface area contributed by atoms with Gasteiger partial charge in [0.1, 0.15) is 0 Å². The summed E-state index contributed by atoms with van der Waals surface area (Å²) in [5.74, 6) is -2.38. The zero-order chi connectivity index (χ0) is 12.1. The minimum Gasteiger partial charge on any atom is -0.478 e. The molecule has 5 nitrogen and oxygen atoms in total. The second-order valence-corrected chi connectivity index (χ2v) is 3.55. The summed E-state index contributed by atoms with van der Waals surface area (Å²) in [6.45, 7) is 2.00. The number of rotatable bonds is 5. The largest absolute Gasteiger partial charge is 0.478 e. The lowest BCUT2D eigenvalue weighted by Gasteiger charge is -2.08. The number of unbranched alkanes of at least 4 members (excludes halogenated alkanes) is 1. The highest BCUT2D eigenvalue weighted by Crippen LogP contribution is 2.17. The summed E-state index contributed by atoms with van der Waals surface area (Å²) >= 11 is 0. The van der Waals surface area contributed by atoms with Gasteiger partial charge >= 0.3 is 11.9 Å².